The summed E-state index contributed by atoms with van der Waals surface area (Å²) in [6, 6.07) is 12.5. The first kappa shape index (κ1) is 15.6. The van der Waals surface area contributed by atoms with E-state index in [-0.39, 0.29) is 0 Å². The van der Waals surface area contributed by atoms with Crippen LogP contribution in [0.2, 0.25) is 0 Å². The van der Waals surface area contributed by atoms with Crippen molar-refractivity contribution in [3.63, 3.8) is 0 Å². The van der Waals surface area contributed by atoms with Gasteiger partial charge in [-0.25, -0.2) is 4.98 Å². The number of likely N-dealkylation sites (N-methyl/N-ethyl adjacent to an activating group) is 1. The van der Waals surface area contributed by atoms with Crippen LogP contribution in [0.25, 0.3) is 11.0 Å². The molecule has 0 saturated carbocycles. The molecule has 118 valence electrons. The van der Waals surface area contributed by atoms with Gasteiger partial charge in [0, 0.05) is 30.9 Å². The summed E-state index contributed by atoms with van der Waals surface area (Å²) >= 11 is 0. The van der Waals surface area contributed by atoms with E-state index in [0.717, 1.165) is 35.4 Å². The smallest absolute Gasteiger partial charge is 0.0890 e. The molecule has 0 aliphatic rings. The van der Waals surface area contributed by atoms with Crippen molar-refractivity contribution < 1.29 is 0 Å². The molecule has 0 aliphatic heterocycles. The summed E-state index contributed by atoms with van der Waals surface area (Å²) in [7, 11) is 2.12. The minimum absolute atomic E-state index is 0.387. The molecule has 0 spiro atoms. The number of hydrogen-bond donors (Lipinski definition) is 0. The largest absolute Gasteiger partial charge is 0.297 e. The molecule has 0 aliphatic carbocycles. The summed E-state index contributed by atoms with van der Waals surface area (Å²) in [6.07, 6.45) is 4.68. The molecule has 2 aromatic heterocycles. The van der Waals surface area contributed by atoms with Crippen molar-refractivity contribution in [1.82, 2.24) is 19.9 Å². The summed E-state index contributed by atoms with van der Waals surface area (Å²) in [6.45, 7) is 5.10. The highest BCUT2D eigenvalue weighted by Gasteiger charge is 2.12. The quantitative estimate of drug-likeness (QED) is 0.724. The lowest BCUT2D eigenvalue weighted by Crippen LogP contribution is -2.31. The third-order valence-electron chi connectivity index (χ3n) is 4.14. The van der Waals surface area contributed by atoms with Crippen LogP contribution in [0.3, 0.4) is 0 Å². The number of para-hydroxylation sites is 2. The Labute approximate surface area is 137 Å². The van der Waals surface area contributed by atoms with Crippen LogP contribution in [0.1, 0.15) is 23.9 Å². The zero-order chi connectivity index (χ0) is 16.2. The Morgan fingerprint density at radius 2 is 1.83 bits per heavy atom. The fourth-order valence-electron chi connectivity index (χ4n) is 2.65. The van der Waals surface area contributed by atoms with E-state index < -0.39 is 0 Å². The van der Waals surface area contributed by atoms with E-state index in [4.69, 9.17) is 4.98 Å². The number of nitrogens with zero attached hydrogens (tertiary/aromatic N) is 4. The zero-order valence-electron chi connectivity index (χ0n) is 13.9. The Morgan fingerprint density at radius 1 is 1.04 bits per heavy atom. The summed E-state index contributed by atoms with van der Waals surface area (Å²) in [5.74, 6) is 0. The third kappa shape index (κ3) is 3.90. The standard InChI is InChI=1S/C19H22N4/c1-14-8-9-20-16(10-14)11-15(2)23(3)13-17-12-21-18-6-4-5-7-19(18)22-17/h4-10,12,15H,11,13H2,1-3H3. The van der Waals surface area contributed by atoms with Gasteiger partial charge < -0.3 is 0 Å². The zero-order valence-corrected chi connectivity index (χ0v) is 13.9. The fraction of sp³-hybridized carbons (Fsp3) is 0.316. The van der Waals surface area contributed by atoms with E-state index in [1.165, 1.54) is 5.56 Å². The second-order valence-electron chi connectivity index (χ2n) is 6.14. The van der Waals surface area contributed by atoms with E-state index in [0.29, 0.717) is 6.04 Å². The molecular weight excluding hydrogens is 284 g/mol. The van der Waals surface area contributed by atoms with Gasteiger partial charge in [0.05, 0.1) is 22.9 Å². The number of rotatable bonds is 5. The maximum absolute atomic E-state index is 4.70. The molecule has 1 aromatic carbocycles. The van der Waals surface area contributed by atoms with Crippen LogP contribution in [-0.4, -0.2) is 32.9 Å². The summed E-state index contributed by atoms with van der Waals surface area (Å²) in [4.78, 5) is 15.9. The number of aryl methyl sites for hydroxylation is 1. The number of benzene rings is 1. The Bertz CT molecular complexity index is 800. The van der Waals surface area contributed by atoms with Crippen LogP contribution in [0.4, 0.5) is 0 Å². The van der Waals surface area contributed by atoms with Crippen molar-refractivity contribution in [3.05, 3.63) is 65.7 Å². The minimum atomic E-state index is 0.387. The Kier molecular flexibility index (Phi) is 4.63. The number of pyridine rings is 1. The molecule has 23 heavy (non-hydrogen) atoms. The Balaban J connectivity index is 1.68. The first-order valence-corrected chi connectivity index (χ1v) is 7.94. The molecular formula is C19H22N4. The van der Waals surface area contributed by atoms with Crippen molar-refractivity contribution in [2.45, 2.75) is 32.9 Å². The van der Waals surface area contributed by atoms with Crippen LogP contribution >= 0.6 is 0 Å². The minimum Gasteiger partial charge on any atom is -0.297 e. The van der Waals surface area contributed by atoms with Gasteiger partial charge >= 0.3 is 0 Å². The summed E-state index contributed by atoms with van der Waals surface area (Å²) in [5, 5.41) is 0. The highest BCUT2D eigenvalue weighted by molar-refractivity contribution is 5.73. The maximum Gasteiger partial charge on any atom is 0.0890 e. The molecule has 1 atom stereocenters. The SMILES string of the molecule is Cc1ccnc(CC(C)N(C)Cc2cnc3ccccc3n2)c1. The van der Waals surface area contributed by atoms with E-state index in [1.807, 2.05) is 42.7 Å². The van der Waals surface area contributed by atoms with Gasteiger partial charge in [0.15, 0.2) is 0 Å². The molecule has 0 N–H and O–H groups in total. The second-order valence-corrected chi connectivity index (χ2v) is 6.14. The Morgan fingerprint density at radius 3 is 2.61 bits per heavy atom. The fourth-order valence-corrected chi connectivity index (χ4v) is 2.65. The predicted octanol–water partition coefficient (Wildman–Crippen LogP) is 3.40. The lowest BCUT2D eigenvalue weighted by Gasteiger charge is -2.24. The molecule has 4 nitrogen and oxygen atoms in total. The monoisotopic (exact) mass is 306 g/mol. The highest BCUT2D eigenvalue weighted by atomic mass is 15.1. The topological polar surface area (TPSA) is 41.9 Å². The first-order valence-electron chi connectivity index (χ1n) is 7.94. The molecule has 3 rings (SSSR count). The van der Waals surface area contributed by atoms with E-state index >= 15 is 0 Å². The van der Waals surface area contributed by atoms with Crippen molar-refractivity contribution in [1.29, 1.82) is 0 Å². The van der Waals surface area contributed by atoms with Crippen molar-refractivity contribution in [2.75, 3.05) is 7.05 Å². The van der Waals surface area contributed by atoms with E-state index in [9.17, 15) is 0 Å². The van der Waals surface area contributed by atoms with E-state index in [2.05, 4.69) is 41.8 Å². The molecule has 3 aromatic rings. The molecule has 0 fully saturated rings. The summed E-state index contributed by atoms with van der Waals surface area (Å²) < 4.78 is 0. The van der Waals surface area contributed by atoms with E-state index in [1.54, 1.807) is 0 Å². The predicted molar refractivity (Wildman–Crippen MR) is 93.1 cm³/mol. The second kappa shape index (κ2) is 6.84. The summed E-state index contributed by atoms with van der Waals surface area (Å²) in [5.41, 5.74) is 5.27. The van der Waals surface area contributed by atoms with Crippen LogP contribution in [0.15, 0.2) is 48.8 Å². The van der Waals surface area contributed by atoms with Gasteiger partial charge in [-0.15, -0.1) is 0 Å². The van der Waals surface area contributed by atoms with Gasteiger partial charge in [0.1, 0.15) is 0 Å². The lowest BCUT2D eigenvalue weighted by atomic mass is 10.1. The van der Waals surface area contributed by atoms with Crippen molar-refractivity contribution in [2.24, 2.45) is 0 Å². The average Bonchev–Trinajstić information content (AvgIpc) is 2.54. The van der Waals surface area contributed by atoms with Crippen LogP contribution < -0.4 is 0 Å². The normalized spacial score (nSPS) is 12.7. The van der Waals surface area contributed by atoms with Crippen LogP contribution in [0, 0.1) is 6.92 Å². The third-order valence-corrected chi connectivity index (χ3v) is 4.14. The average molecular weight is 306 g/mol. The number of aromatic nitrogens is 3. The lowest BCUT2D eigenvalue weighted by molar-refractivity contribution is 0.244. The van der Waals surface area contributed by atoms with Gasteiger partial charge in [-0.1, -0.05) is 12.1 Å². The van der Waals surface area contributed by atoms with Crippen molar-refractivity contribution in [3.8, 4) is 0 Å². The molecule has 0 saturated heterocycles. The van der Waals surface area contributed by atoms with Gasteiger partial charge in [-0.3, -0.25) is 14.9 Å². The Hall–Kier alpha value is -2.33. The molecule has 4 heteroatoms. The van der Waals surface area contributed by atoms with Gasteiger partial charge in [0.25, 0.3) is 0 Å². The van der Waals surface area contributed by atoms with Crippen molar-refractivity contribution >= 4 is 11.0 Å². The molecule has 0 bridgehead atoms. The van der Waals surface area contributed by atoms with Crippen LogP contribution in [-0.2, 0) is 13.0 Å². The molecule has 0 amide bonds. The van der Waals surface area contributed by atoms with Gasteiger partial charge in [-0.2, -0.15) is 0 Å². The molecule has 0 radical (unpaired) electrons. The maximum atomic E-state index is 4.70. The molecule has 2 heterocycles. The van der Waals surface area contributed by atoms with Crippen LogP contribution in [0.5, 0.6) is 0 Å². The van der Waals surface area contributed by atoms with Gasteiger partial charge in [0.2, 0.25) is 0 Å². The number of hydrogen-bond acceptors (Lipinski definition) is 4. The van der Waals surface area contributed by atoms with Gasteiger partial charge in [-0.05, 0) is 50.7 Å². The number of fused-ring (bicyclic) bond motifs is 1. The highest BCUT2D eigenvalue weighted by Crippen LogP contribution is 2.12. The molecule has 1 unspecified atom stereocenters. The first-order chi connectivity index (χ1) is 11.1.